The van der Waals surface area contributed by atoms with Gasteiger partial charge >= 0.3 is 0 Å². The van der Waals surface area contributed by atoms with Gasteiger partial charge in [0.05, 0.1) is 0 Å². The third-order valence-electron chi connectivity index (χ3n) is 2.31. The molecule has 0 amide bonds. The monoisotopic (exact) mass is 189 g/mol. The number of hydrogen-bond acceptors (Lipinski definition) is 1. The maximum atomic E-state index is 4.41. The molecule has 0 aromatic heterocycles. The average molecular weight is 189 g/mol. The first kappa shape index (κ1) is 11.0. The van der Waals surface area contributed by atoms with Crippen LogP contribution in [0.5, 0.6) is 0 Å². The molecule has 1 rings (SSSR count). The fourth-order valence-electron chi connectivity index (χ4n) is 1.35. The Morgan fingerprint density at radius 1 is 1.21 bits per heavy atom. The molecular weight excluding hydrogens is 170 g/mol. The number of unbranched alkanes of at least 4 members (excludes halogenated alkanes) is 2. The Hall–Kier alpha value is -1.11. The van der Waals surface area contributed by atoms with Gasteiger partial charge in [-0.05, 0) is 24.5 Å². The van der Waals surface area contributed by atoms with Crippen LogP contribution in [0.3, 0.4) is 0 Å². The molecule has 76 valence electrons. The van der Waals surface area contributed by atoms with E-state index in [1.807, 2.05) is 6.21 Å². The van der Waals surface area contributed by atoms with E-state index in [9.17, 15) is 0 Å². The molecule has 1 aromatic rings. The van der Waals surface area contributed by atoms with Crippen molar-refractivity contribution in [1.29, 1.82) is 0 Å². The van der Waals surface area contributed by atoms with Crippen LogP contribution in [-0.4, -0.2) is 12.8 Å². The zero-order valence-electron chi connectivity index (χ0n) is 9.16. The Labute approximate surface area is 86.9 Å². The highest BCUT2D eigenvalue weighted by molar-refractivity contribution is 5.81. The Kier molecular flexibility index (Phi) is 4.98. The van der Waals surface area contributed by atoms with Gasteiger partial charge in [-0.15, -0.1) is 0 Å². The maximum absolute atomic E-state index is 4.41. The largest absolute Gasteiger partial charge is 0.293 e. The van der Waals surface area contributed by atoms with Crippen molar-refractivity contribution in [1.82, 2.24) is 0 Å². The molecule has 14 heavy (non-hydrogen) atoms. The molecule has 0 aliphatic heterocycles. The van der Waals surface area contributed by atoms with Crippen LogP contribution in [0.1, 0.15) is 37.3 Å². The minimum absolute atomic E-state index is 0.960. The summed E-state index contributed by atoms with van der Waals surface area (Å²) in [4.78, 5) is 4.41. The van der Waals surface area contributed by atoms with Crippen molar-refractivity contribution in [3.05, 3.63) is 35.4 Å². The highest BCUT2D eigenvalue weighted by Crippen LogP contribution is 2.03. The molecule has 0 aliphatic carbocycles. The molecule has 1 nitrogen and oxygen atoms in total. The van der Waals surface area contributed by atoms with E-state index < -0.39 is 0 Å². The summed E-state index contributed by atoms with van der Waals surface area (Å²) in [6.07, 6.45) is 5.74. The van der Waals surface area contributed by atoms with Crippen LogP contribution >= 0.6 is 0 Å². The van der Waals surface area contributed by atoms with Crippen LogP contribution in [-0.2, 0) is 0 Å². The molecule has 0 atom stereocenters. The summed E-state index contributed by atoms with van der Waals surface area (Å²) in [5.74, 6) is 0. The summed E-state index contributed by atoms with van der Waals surface area (Å²) >= 11 is 0. The van der Waals surface area contributed by atoms with Crippen molar-refractivity contribution in [2.24, 2.45) is 4.99 Å². The summed E-state index contributed by atoms with van der Waals surface area (Å²) in [5, 5.41) is 0. The quantitative estimate of drug-likeness (QED) is 0.495. The minimum atomic E-state index is 0.960. The zero-order valence-corrected chi connectivity index (χ0v) is 9.16. The molecule has 1 heteroatoms. The van der Waals surface area contributed by atoms with E-state index in [1.54, 1.807) is 0 Å². The summed E-state index contributed by atoms with van der Waals surface area (Å²) in [5.41, 5.74) is 2.54. The van der Waals surface area contributed by atoms with Gasteiger partial charge in [-0.2, -0.15) is 0 Å². The molecular formula is C13H19N. The molecule has 0 radical (unpaired) electrons. The molecule has 0 saturated heterocycles. The predicted molar refractivity (Wildman–Crippen MR) is 63.2 cm³/mol. The number of rotatable bonds is 5. The molecule has 0 unspecified atom stereocenters. The molecule has 0 saturated carbocycles. The number of nitrogens with zero attached hydrogens (tertiary/aromatic N) is 1. The molecule has 1 aromatic carbocycles. The van der Waals surface area contributed by atoms with E-state index in [0.29, 0.717) is 0 Å². The highest BCUT2D eigenvalue weighted by atomic mass is 14.7. The lowest BCUT2D eigenvalue weighted by Crippen LogP contribution is -1.88. The lowest BCUT2D eigenvalue weighted by molar-refractivity contribution is 0.729. The first-order valence-electron chi connectivity index (χ1n) is 5.40. The van der Waals surface area contributed by atoms with E-state index in [2.05, 4.69) is 43.1 Å². The standard InChI is InChI=1S/C13H19N/c1-3-4-7-10-14-11-13-9-6-5-8-12(13)2/h5-6,8-9,11H,3-4,7,10H2,1-2H3. The van der Waals surface area contributed by atoms with E-state index >= 15 is 0 Å². The second-order valence-electron chi connectivity index (χ2n) is 3.60. The van der Waals surface area contributed by atoms with Gasteiger partial charge in [0.25, 0.3) is 0 Å². The van der Waals surface area contributed by atoms with Gasteiger partial charge in [-0.25, -0.2) is 0 Å². The Morgan fingerprint density at radius 2 is 2.00 bits per heavy atom. The second-order valence-corrected chi connectivity index (χ2v) is 3.60. The minimum Gasteiger partial charge on any atom is -0.293 e. The molecule has 0 fully saturated rings. The Morgan fingerprint density at radius 3 is 2.71 bits per heavy atom. The van der Waals surface area contributed by atoms with Crippen LogP contribution in [0.15, 0.2) is 29.3 Å². The normalized spacial score (nSPS) is 11.0. The first-order valence-corrected chi connectivity index (χ1v) is 5.40. The fourth-order valence-corrected chi connectivity index (χ4v) is 1.35. The van der Waals surface area contributed by atoms with Gasteiger partial charge in [-0.1, -0.05) is 44.0 Å². The first-order chi connectivity index (χ1) is 6.84. The second kappa shape index (κ2) is 6.36. The van der Waals surface area contributed by atoms with E-state index in [-0.39, 0.29) is 0 Å². The number of hydrogen-bond donors (Lipinski definition) is 0. The summed E-state index contributed by atoms with van der Waals surface area (Å²) in [6.45, 7) is 5.29. The highest BCUT2D eigenvalue weighted by Gasteiger charge is 1.90. The zero-order chi connectivity index (χ0) is 10.2. The number of benzene rings is 1. The van der Waals surface area contributed by atoms with Crippen molar-refractivity contribution < 1.29 is 0 Å². The van der Waals surface area contributed by atoms with Gasteiger partial charge < -0.3 is 0 Å². The molecule has 0 bridgehead atoms. The van der Waals surface area contributed by atoms with Crippen LogP contribution in [0.25, 0.3) is 0 Å². The van der Waals surface area contributed by atoms with Crippen molar-refractivity contribution >= 4 is 6.21 Å². The van der Waals surface area contributed by atoms with Gasteiger partial charge in [-0.3, -0.25) is 4.99 Å². The van der Waals surface area contributed by atoms with Crippen molar-refractivity contribution in [3.63, 3.8) is 0 Å². The average Bonchev–Trinajstić information content (AvgIpc) is 2.20. The van der Waals surface area contributed by atoms with Gasteiger partial charge in [0.2, 0.25) is 0 Å². The van der Waals surface area contributed by atoms with E-state index in [0.717, 1.165) is 6.54 Å². The Bertz CT molecular complexity index is 289. The van der Waals surface area contributed by atoms with Crippen LogP contribution < -0.4 is 0 Å². The van der Waals surface area contributed by atoms with Crippen LogP contribution in [0.2, 0.25) is 0 Å². The third kappa shape index (κ3) is 3.73. The Balaban J connectivity index is 2.40. The SMILES string of the molecule is CCCCCN=Cc1ccccc1C. The smallest absolute Gasteiger partial charge is 0.0389 e. The summed E-state index contributed by atoms with van der Waals surface area (Å²) in [6, 6.07) is 8.34. The van der Waals surface area contributed by atoms with Crippen molar-refractivity contribution in [2.75, 3.05) is 6.54 Å². The lowest BCUT2D eigenvalue weighted by atomic mass is 10.1. The molecule has 0 spiro atoms. The molecule has 0 aliphatic rings. The molecule has 0 heterocycles. The third-order valence-corrected chi connectivity index (χ3v) is 2.31. The van der Waals surface area contributed by atoms with Crippen molar-refractivity contribution in [3.8, 4) is 0 Å². The molecule has 0 N–H and O–H groups in total. The van der Waals surface area contributed by atoms with E-state index in [1.165, 1.54) is 30.4 Å². The number of aliphatic imine (C=N–C) groups is 1. The fraction of sp³-hybridized carbons (Fsp3) is 0.462. The van der Waals surface area contributed by atoms with Gasteiger partial charge in [0, 0.05) is 12.8 Å². The topological polar surface area (TPSA) is 12.4 Å². The van der Waals surface area contributed by atoms with Gasteiger partial charge in [0.1, 0.15) is 0 Å². The van der Waals surface area contributed by atoms with Crippen LogP contribution in [0, 0.1) is 6.92 Å². The van der Waals surface area contributed by atoms with Crippen molar-refractivity contribution in [2.45, 2.75) is 33.1 Å². The lowest BCUT2D eigenvalue weighted by Gasteiger charge is -1.97. The van der Waals surface area contributed by atoms with Crippen LogP contribution in [0.4, 0.5) is 0 Å². The maximum Gasteiger partial charge on any atom is 0.0389 e. The van der Waals surface area contributed by atoms with Gasteiger partial charge in [0.15, 0.2) is 0 Å². The predicted octanol–water partition coefficient (Wildman–Crippen LogP) is 3.60. The van der Waals surface area contributed by atoms with E-state index in [4.69, 9.17) is 0 Å². The summed E-state index contributed by atoms with van der Waals surface area (Å²) < 4.78 is 0. The number of aryl methyl sites for hydroxylation is 1. The summed E-state index contributed by atoms with van der Waals surface area (Å²) in [7, 11) is 0.